The predicted molar refractivity (Wildman–Crippen MR) is 95.3 cm³/mol. The van der Waals surface area contributed by atoms with E-state index in [1.54, 1.807) is 12.1 Å². The van der Waals surface area contributed by atoms with Crippen molar-refractivity contribution in [3.8, 4) is 0 Å². The standard InChI is InChI=1S/C19H21NO5/c1-11(2)8-15(19(23)24)20-17(21)7-5-13-10-25-16-6-4-12(3)9-14(16)18(13)22/h4-7,9-11,15H,8H2,1-3H3,(H,20,21)(H,23,24)/b7-5+. The van der Waals surface area contributed by atoms with Gasteiger partial charge in [0.1, 0.15) is 17.9 Å². The number of carboxylic acids is 1. The van der Waals surface area contributed by atoms with Gasteiger partial charge in [0.25, 0.3) is 0 Å². The van der Waals surface area contributed by atoms with Crippen molar-refractivity contribution < 1.29 is 19.1 Å². The summed E-state index contributed by atoms with van der Waals surface area (Å²) >= 11 is 0. The SMILES string of the molecule is Cc1ccc2occ(/C=C/C(=O)NC(CC(C)C)C(=O)O)c(=O)c2c1. The van der Waals surface area contributed by atoms with Gasteiger partial charge in [0.05, 0.1) is 10.9 Å². The Kier molecular flexibility index (Phi) is 5.75. The molecule has 0 spiro atoms. The monoisotopic (exact) mass is 343 g/mol. The van der Waals surface area contributed by atoms with Crippen molar-refractivity contribution in [1.82, 2.24) is 5.32 Å². The van der Waals surface area contributed by atoms with E-state index in [-0.39, 0.29) is 16.9 Å². The van der Waals surface area contributed by atoms with Crippen molar-refractivity contribution in [3.05, 3.63) is 51.9 Å². The zero-order valence-electron chi connectivity index (χ0n) is 14.4. The first-order chi connectivity index (χ1) is 11.8. The average Bonchev–Trinajstić information content (AvgIpc) is 2.53. The van der Waals surface area contributed by atoms with Crippen molar-refractivity contribution in [2.75, 3.05) is 0 Å². The molecule has 0 saturated heterocycles. The molecule has 1 unspecified atom stereocenters. The molecule has 1 amide bonds. The second-order valence-corrected chi connectivity index (χ2v) is 6.38. The minimum Gasteiger partial charge on any atom is -0.480 e. The molecule has 0 fully saturated rings. The van der Waals surface area contributed by atoms with E-state index >= 15 is 0 Å². The average molecular weight is 343 g/mol. The molecule has 0 bridgehead atoms. The van der Waals surface area contributed by atoms with Crippen molar-refractivity contribution in [3.63, 3.8) is 0 Å². The Morgan fingerprint density at radius 1 is 1.32 bits per heavy atom. The highest BCUT2D eigenvalue weighted by Crippen LogP contribution is 2.14. The summed E-state index contributed by atoms with van der Waals surface area (Å²) in [6, 6.07) is 4.32. The molecule has 132 valence electrons. The van der Waals surface area contributed by atoms with E-state index in [1.807, 2.05) is 26.8 Å². The summed E-state index contributed by atoms with van der Waals surface area (Å²) < 4.78 is 5.41. The molecule has 0 saturated carbocycles. The van der Waals surface area contributed by atoms with Gasteiger partial charge in [-0.15, -0.1) is 0 Å². The van der Waals surface area contributed by atoms with Crippen LogP contribution in [0.4, 0.5) is 0 Å². The molecule has 0 radical (unpaired) electrons. The molecule has 6 heteroatoms. The third-order valence-corrected chi connectivity index (χ3v) is 3.69. The summed E-state index contributed by atoms with van der Waals surface area (Å²) in [6.07, 6.45) is 4.08. The number of hydrogen-bond acceptors (Lipinski definition) is 4. The first-order valence-electron chi connectivity index (χ1n) is 8.01. The quantitative estimate of drug-likeness (QED) is 0.786. The maximum atomic E-state index is 12.4. The smallest absolute Gasteiger partial charge is 0.326 e. The fourth-order valence-electron chi connectivity index (χ4n) is 2.45. The van der Waals surface area contributed by atoms with Gasteiger partial charge in [-0.25, -0.2) is 4.79 Å². The van der Waals surface area contributed by atoms with E-state index in [4.69, 9.17) is 9.52 Å². The number of rotatable bonds is 6. The molecule has 2 rings (SSSR count). The third kappa shape index (κ3) is 4.79. The number of aryl methyl sites for hydroxylation is 1. The van der Waals surface area contributed by atoms with Gasteiger partial charge >= 0.3 is 5.97 Å². The first-order valence-corrected chi connectivity index (χ1v) is 8.01. The van der Waals surface area contributed by atoms with Crippen LogP contribution in [0.15, 0.2) is 39.7 Å². The van der Waals surface area contributed by atoms with E-state index < -0.39 is 17.9 Å². The number of nitrogens with one attached hydrogen (secondary N) is 1. The number of amides is 1. The molecule has 2 N–H and O–H groups in total. The second kappa shape index (κ2) is 7.79. The van der Waals surface area contributed by atoms with Gasteiger partial charge < -0.3 is 14.8 Å². The van der Waals surface area contributed by atoms with Crippen LogP contribution in [0.1, 0.15) is 31.4 Å². The Bertz CT molecular complexity index is 879. The van der Waals surface area contributed by atoms with Crippen LogP contribution in [0.25, 0.3) is 17.0 Å². The molecule has 0 aliphatic heterocycles. The zero-order chi connectivity index (χ0) is 18.6. The van der Waals surface area contributed by atoms with Crippen LogP contribution in [-0.4, -0.2) is 23.0 Å². The maximum Gasteiger partial charge on any atom is 0.326 e. The zero-order valence-corrected chi connectivity index (χ0v) is 14.4. The number of carbonyl (C=O) groups excluding carboxylic acids is 1. The van der Waals surface area contributed by atoms with E-state index in [2.05, 4.69) is 5.32 Å². The van der Waals surface area contributed by atoms with Gasteiger partial charge in [-0.05, 0) is 37.5 Å². The van der Waals surface area contributed by atoms with Crippen LogP contribution < -0.4 is 10.7 Å². The highest BCUT2D eigenvalue weighted by atomic mass is 16.4. The topological polar surface area (TPSA) is 96.6 Å². The lowest BCUT2D eigenvalue weighted by Gasteiger charge is -2.15. The summed E-state index contributed by atoms with van der Waals surface area (Å²) in [5.41, 5.74) is 1.38. The second-order valence-electron chi connectivity index (χ2n) is 6.38. The summed E-state index contributed by atoms with van der Waals surface area (Å²) in [5, 5.41) is 12.0. The van der Waals surface area contributed by atoms with E-state index in [0.29, 0.717) is 17.4 Å². The van der Waals surface area contributed by atoms with Gasteiger partial charge in [-0.2, -0.15) is 0 Å². The fourth-order valence-corrected chi connectivity index (χ4v) is 2.45. The lowest BCUT2D eigenvalue weighted by molar-refractivity contribution is -0.141. The van der Waals surface area contributed by atoms with Crippen LogP contribution in [0.2, 0.25) is 0 Å². The largest absolute Gasteiger partial charge is 0.480 e. The minimum absolute atomic E-state index is 0.126. The fraction of sp³-hybridized carbons (Fsp3) is 0.316. The third-order valence-electron chi connectivity index (χ3n) is 3.69. The molecule has 1 atom stereocenters. The predicted octanol–water partition coefficient (Wildman–Crippen LogP) is 2.73. The van der Waals surface area contributed by atoms with E-state index in [1.165, 1.54) is 12.3 Å². The van der Waals surface area contributed by atoms with Crippen LogP contribution >= 0.6 is 0 Å². The van der Waals surface area contributed by atoms with Crippen molar-refractivity contribution in [2.24, 2.45) is 5.92 Å². The van der Waals surface area contributed by atoms with Gasteiger partial charge in [0.15, 0.2) is 5.43 Å². The highest BCUT2D eigenvalue weighted by molar-refractivity contribution is 5.94. The van der Waals surface area contributed by atoms with E-state index in [9.17, 15) is 14.4 Å². The number of fused-ring (bicyclic) bond motifs is 1. The lowest BCUT2D eigenvalue weighted by Crippen LogP contribution is -2.40. The van der Waals surface area contributed by atoms with Crippen molar-refractivity contribution in [2.45, 2.75) is 33.2 Å². The van der Waals surface area contributed by atoms with Crippen LogP contribution in [-0.2, 0) is 9.59 Å². The van der Waals surface area contributed by atoms with E-state index in [0.717, 1.165) is 11.6 Å². The first kappa shape index (κ1) is 18.4. The van der Waals surface area contributed by atoms with Crippen LogP contribution in [0.3, 0.4) is 0 Å². The number of carboxylic acid groups (broad SMARTS) is 1. The van der Waals surface area contributed by atoms with Crippen molar-refractivity contribution >= 4 is 28.9 Å². The highest BCUT2D eigenvalue weighted by Gasteiger charge is 2.20. The Balaban J connectivity index is 2.19. The molecule has 6 nitrogen and oxygen atoms in total. The molecule has 25 heavy (non-hydrogen) atoms. The number of aliphatic carboxylic acids is 1. The number of carbonyl (C=O) groups is 2. The maximum absolute atomic E-state index is 12.4. The molecule has 0 aliphatic rings. The normalized spacial score (nSPS) is 12.6. The summed E-state index contributed by atoms with van der Waals surface area (Å²) in [7, 11) is 0. The molecule has 0 aliphatic carbocycles. The molecule has 1 heterocycles. The Morgan fingerprint density at radius 3 is 2.68 bits per heavy atom. The van der Waals surface area contributed by atoms with Gasteiger partial charge in [0, 0.05) is 6.08 Å². The van der Waals surface area contributed by atoms with Gasteiger partial charge in [-0.3, -0.25) is 9.59 Å². The van der Waals surface area contributed by atoms with Gasteiger partial charge in [-0.1, -0.05) is 25.5 Å². The number of hydrogen-bond donors (Lipinski definition) is 2. The Labute approximate surface area is 145 Å². The molecule has 2 aromatic rings. The molecular formula is C19H21NO5. The van der Waals surface area contributed by atoms with Gasteiger partial charge in [0.2, 0.25) is 5.91 Å². The number of benzene rings is 1. The Morgan fingerprint density at radius 2 is 2.04 bits per heavy atom. The van der Waals surface area contributed by atoms with Crippen molar-refractivity contribution in [1.29, 1.82) is 0 Å². The Hall–Kier alpha value is -2.89. The molecular weight excluding hydrogens is 322 g/mol. The van der Waals surface area contributed by atoms with Crippen LogP contribution in [0, 0.1) is 12.8 Å². The lowest BCUT2D eigenvalue weighted by atomic mass is 10.0. The summed E-state index contributed by atoms with van der Waals surface area (Å²) in [5.74, 6) is -1.53. The summed E-state index contributed by atoms with van der Waals surface area (Å²) in [6.45, 7) is 5.62. The summed E-state index contributed by atoms with van der Waals surface area (Å²) in [4.78, 5) is 35.6. The minimum atomic E-state index is -1.09. The van der Waals surface area contributed by atoms with Crippen LogP contribution in [0.5, 0.6) is 0 Å². The molecule has 1 aromatic heterocycles. The molecule has 1 aromatic carbocycles.